The normalized spacial score (nSPS) is 17.5. The van der Waals surface area contributed by atoms with E-state index in [2.05, 4.69) is 20.6 Å². The van der Waals surface area contributed by atoms with Gasteiger partial charge in [0, 0.05) is 23.3 Å². The average molecular weight is 244 g/mol. The fourth-order valence-electron chi connectivity index (χ4n) is 1.73. The molecule has 2 aromatic rings. The van der Waals surface area contributed by atoms with E-state index in [1.807, 2.05) is 12.1 Å². The maximum Gasteiger partial charge on any atom is 0.273 e. The van der Waals surface area contributed by atoms with Crippen LogP contribution in [-0.2, 0) is 4.79 Å². The van der Waals surface area contributed by atoms with Crippen molar-refractivity contribution in [1.29, 1.82) is 0 Å². The van der Waals surface area contributed by atoms with E-state index >= 15 is 0 Å². The van der Waals surface area contributed by atoms with Gasteiger partial charge in [-0.1, -0.05) is 0 Å². The largest absolute Gasteiger partial charge is 0.346 e. The van der Waals surface area contributed by atoms with Crippen LogP contribution in [0.15, 0.2) is 30.2 Å². The number of nitrogens with zero attached hydrogens (tertiary/aromatic N) is 1. The molecule has 0 aromatic carbocycles. The quantitative estimate of drug-likeness (QED) is 0.515. The molecule has 0 spiro atoms. The Morgan fingerprint density at radius 1 is 1.35 bits per heavy atom. The number of carbonyl (C=O) groups excluding carboxylic acids is 1. The minimum atomic E-state index is -0.215. The van der Waals surface area contributed by atoms with Gasteiger partial charge in [0.25, 0.3) is 5.91 Å². The van der Waals surface area contributed by atoms with Crippen molar-refractivity contribution < 1.29 is 4.79 Å². The van der Waals surface area contributed by atoms with Crippen LogP contribution in [0.3, 0.4) is 0 Å². The smallest absolute Gasteiger partial charge is 0.273 e. The molecule has 6 heteroatoms. The molecule has 1 saturated heterocycles. The predicted molar refractivity (Wildman–Crippen MR) is 67.9 cm³/mol. The second-order valence-corrected chi connectivity index (χ2v) is 4.02. The number of aromatic nitrogens is 2. The van der Waals surface area contributed by atoms with Gasteiger partial charge >= 0.3 is 0 Å². The zero-order chi connectivity index (χ0) is 11.8. The lowest BCUT2D eigenvalue weighted by Crippen LogP contribution is -2.21. The Morgan fingerprint density at radius 2 is 2.24 bits per heavy atom. The number of hydrogen-bond acceptors (Lipinski definition) is 3. The highest BCUT2D eigenvalue weighted by atomic mass is 32.1. The fourth-order valence-corrected chi connectivity index (χ4v) is 1.94. The summed E-state index contributed by atoms with van der Waals surface area (Å²) >= 11 is 4.86. The number of thiocarbonyl (C=S) groups is 1. The molecule has 5 nitrogen and oxygen atoms in total. The van der Waals surface area contributed by atoms with Crippen molar-refractivity contribution in [2.24, 2.45) is 0 Å². The van der Waals surface area contributed by atoms with Crippen molar-refractivity contribution in [3.05, 3.63) is 35.8 Å². The van der Waals surface area contributed by atoms with E-state index in [9.17, 15) is 4.79 Å². The van der Waals surface area contributed by atoms with Gasteiger partial charge in [0.05, 0.1) is 0 Å². The van der Waals surface area contributed by atoms with E-state index < -0.39 is 0 Å². The minimum absolute atomic E-state index is 0.215. The molecule has 1 amide bonds. The van der Waals surface area contributed by atoms with Crippen LogP contribution in [0.25, 0.3) is 17.1 Å². The van der Waals surface area contributed by atoms with Crippen molar-refractivity contribution in [1.82, 2.24) is 20.6 Å². The molecule has 1 aliphatic rings. The van der Waals surface area contributed by atoms with Crippen LogP contribution in [0.1, 0.15) is 5.56 Å². The summed E-state index contributed by atoms with van der Waals surface area (Å²) in [7, 11) is 0. The van der Waals surface area contributed by atoms with Crippen LogP contribution in [0, 0.1) is 0 Å². The molecular formula is C11H8N4OS. The van der Waals surface area contributed by atoms with Crippen molar-refractivity contribution in [3.63, 3.8) is 0 Å². The van der Waals surface area contributed by atoms with Crippen LogP contribution in [-0.4, -0.2) is 21.0 Å². The van der Waals surface area contributed by atoms with E-state index in [0.29, 0.717) is 10.8 Å². The molecular weight excluding hydrogens is 236 g/mol. The highest BCUT2D eigenvalue weighted by Crippen LogP contribution is 2.18. The number of nitrogens with one attached hydrogen (secondary N) is 3. The number of hydrogen-bond donors (Lipinski definition) is 3. The molecule has 3 N–H and O–H groups in total. The summed E-state index contributed by atoms with van der Waals surface area (Å²) in [6, 6.07) is 3.79. The molecule has 1 fully saturated rings. The number of rotatable bonds is 1. The van der Waals surface area contributed by atoms with Crippen molar-refractivity contribution in [2.75, 3.05) is 0 Å². The Hall–Kier alpha value is -2.21. The fraction of sp³-hybridized carbons (Fsp3) is 0. The molecule has 17 heavy (non-hydrogen) atoms. The van der Waals surface area contributed by atoms with E-state index in [-0.39, 0.29) is 5.91 Å². The monoisotopic (exact) mass is 244 g/mol. The molecule has 0 saturated carbocycles. The Morgan fingerprint density at radius 3 is 3.00 bits per heavy atom. The number of aromatic amines is 1. The summed E-state index contributed by atoms with van der Waals surface area (Å²) in [5.41, 5.74) is 2.13. The first kappa shape index (κ1) is 9.98. The van der Waals surface area contributed by atoms with E-state index in [1.54, 1.807) is 18.5 Å². The molecule has 84 valence electrons. The Bertz CT molecular complexity index is 658. The molecule has 3 heterocycles. The average Bonchev–Trinajstić information content (AvgIpc) is 2.85. The molecule has 3 rings (SSSR count). The van der Waals surface area contributed by atoms with Gasteiger partial charge in [-0.15, -0.1) is 0 Å². The molecule has 0 bridgehead atoms. The first-order valence-corrected chi connectivity index (χ1v) is 5.41. The number of fused-ring (bicyclic) bond motifs is 1. The topological polar surface area (TPSA) is 69.8 Å². The number of H-pyrrole nitrogens is 1. The number of pyridine rings is 1. The van der Waals surface area contributed by atoms with Crippen LogP contribution >= 0.6 is 12.2 Å². The highest BCUT2D eigenvalue weighted by molar-refractivity contribution is 7.80. The van der Waals surface area contributed by atoms with E-state index in [4.69, 9.17) is 12.2 Å². The van der Waals surface area contributed by atoms with Gasteiger partial charge in [-0.05, 0) is 30.4 Å². The van der Waals surface area contributed by atoms with Crippen LogP contribution in [0.5, 0.6) is 0 Å². The molecule has 0 aliphatic carbocycles. The SMILES string of the molecule is O=C1NC(=S)N/C1=C\c1c[nH]c2ncccc12. The summed E-state index contributed by atoms with van der Waals surface area (Å²) in [5.74, 6) is -0.215. The summed E-state index contributed by atoms with van der Waals surface area (Å²) in [4.78, 5) is 18.7. The van der Waals surface area contributed by atoms with Gasteiger partial charge in [0.15, 0.2) is 5.11 Å². The zero-order valence-electron chi connectivity index (χ0n) is 8.65. The third-order valence-corrected chi connectivity index (χ3v) is 2.71. The third kappa shape index (κ3) is 1.68. The van der Waals surface area contributed by atoms with Crippen molar-refractivity contribution in [2.45, 2.75) is 0 Å². The predicted octanol–water partition coefficient (Wildman–Crippen LogP) is 0.908. The summed E-state index contributed by atoms with van der Waals surface area (Å²) in [6.07, 6.45) is 5.27. The maximum atomic E-state index is 11.5. The van der Waals surface area contributed by atoms with Crippen LogP contribution in [0.2, 0.25) is 0 Å². The minimum Gasteiger partial charge on any atom is -0.346 e. The Labute approximate surface area is 102 Å². The maximum absolute atomic E-state index is 11.5. The second kappa shape index (κ2) is 3.67. The lowest BCUT2D eigenvalue weighted by atomic mass is 10.2. The van der Waals surface area contributed by atoms with Gasteiger partial charge in [0.1, 0.15) is 11.3 Å². The number of carbonyl (C=O) groups is 1. The zero-order valence-corrected chi connectivity index (χ0v) is 9.47. The van der Waals surface area contributed by atoms with Gasteiger partial charge in [-0.2, -0.15) is 0 Å². The van der Waals surface area contributed by atoms with Gasteiger partial charge < -0.3 is 10.3 Å². The first-order chi connectivity index (χ1) is 8.24. The lowest BCUT2D eigenvalue weighted by Gasteiger charge is -1.94. The summed E-state index contributed by atoms with van der Waals surface area (Å²) in [5, 5.41) is 6.62. The molecule has 0 radical (unpaired) electrons. The van der Waals surface area contributed by atoms with E-state index in [1.165, 1.54) is 0 Å². The molecule has 0 unspecified atom stereocenters. The van der Waals surface area contributed by atoms with Crippen molar-refractivity contribution in [3.8, 4) is 0 Å². The summed E-state index contributed by atoms with van der Waals surface area (Å²) in [6.45, 7) is 0. The number of amides is 1. The first-order valence-electron chi connectivity index (χ1n) is 5.00. The van der Waals surface area contributed by atoms with Crippen LogP contribution < -0.4 is 10.6 Å². The summed E-state index contributed by atoms with van der Waals surface area (Å²) < 4.78 is 0. The highest BCUT2D eigenvalue weighted by Gasteiger charge is 2.20. The molecule has 2 aromatic heterocycles. The van der Waals surface area contributed by atoms with E-state index in [0.717, 1.165) is 16.6 Å². The van der Waals surface area contributed by atoms with Crippen LogP contribution in [0.4, 0.5) is 0 Å². The lowest BCUT2D eigenvalue weighted by molar-refractivity contribution is -0.115. The molecule has 0 atom stereocenters. The standard InChI is InChI=1S/C11H8N4OS/c16-10-8(14-11(17)15-10)4-6-5-13-9-7(6)2-1-3-12-9/h1-5H,(H,12,13)(H2,14,15,16,17)/b8-4-. The van der Waals surface area contributed by atoms with Gasteiger partial charge in [0.2, 0.25) is 0 Å². The third-order valence-electron chi connectivity index (χ3n) is 2.50. The Kier molecular flexibility index (Phi) is 2.15. The van der Waals surface area contributed by atoms with Gasteiger partial charge in [-0.3, -0.25) is 10.1 Å². The molecule has 1 aliphatic heterocycles. The van der Waals surface area contributed by atoms with Gasteiger partial charge in [-0.25, -0.2) is 4.98 Å². The Balaban J connectivity index is 2.08. The second-order valence-electron chi connectivity index (χ2n) is 3.61. The van der Waals surface area contributed by atoms with Crippen molar-refractivity contribution >= 4 is 40.3 Å².